The number of aryl methyl sites for hydroxylation is 1. The monoisotopic (exact) mass is 280 g/mol. The Kier molecular flexibility index (Phi) is 3.57. The molecule has 0 aliphatic heterocycles. The molecule has 0 aliphatic rings. The molecule has 1 aromatic heterocycles. The number of benzene rings is 1. The van der Waals surface area contributed by atoms with E-state index in [1.54, 1.807) is 6.92 Å². The SMILES string of the molecule is Cc1ncc(C(=O)Nc2cc(C(=O)O)ccc2F)s1. The Morgan fingerprint density at radius 1 is 1.42 bits per heavy atom. The average Bonchev–Trinajstić information content (AvgIpc) is 2.78. The van der Waals surface area contributed by atoms with Crippen LogP contribution in [-0.2, 0) is 0 Å². The number of nitrogens with zero attached hydrogens (tertiary/aromatic N) is 1. The molecule has 19 heavy (non-hydrogen) atoms. The number of aromatic nitrogens is 1. The van der Waals surface area contributed by atoms with Crippen molar-refractivity contribution in [1.29, 1.82) is 0 Å². The summed E-state index contributed by atoms with van der Waals surface area (Å²) >= 11 is 1.17. The molecule has 0 bridgehead atoms. The van der Waals surface area contributed by atoms with E-state index in [0.717, 1.165) is 18.2 Å². The fraction of sp³-hybridized carbons (Fsp3) is 0.0833. The number of hydrogen-bond donors (Lipinski definition) is 2. The lowest BCUT2D eigenvalue weighted by molar-refractivity contribution is 0.0696. The van der Waals surface area contributed by atoms with Gasteiger partial charge in [-0.3, -0.25) is 4.79 Å². The molecule has 5 nitrogen and oxygen atoms in total. The number of amides is 1. The van der Waals surface area contributed by atoms with Gasteiger partial charge in [0.15, 0.2) is 0 Å². The largest absolute Gasteiger partial charge is 0.478 e. The quantitative estimate of drug-likeness (QED) is 0.905. The van der Waals surface area contributed by atoms with Gasteiger partial charge >= 0.3 is 5.97 Å². The van der Waals surface area contributed by atoms with Gasteiger partial charge in [0.05, 0.1) is 22.5 Å². The van der Waals surface area contributed by atoms with Crippen molar-refractivity contribution in [2.75, 3.05) is 5.32 Å². The van der Waals surface area contributed by atoms with Crippen molar-refractivity contribution in [2.24, 2.45) is 0 Å². The fourth-order valence-electron chi connectivity index (χ4n) is 1.40. The number of rotatable bonds is 3. The van der Waals surface area contributed by atoms with E-state index >= 15 is 0 Å². The van der Waals surface area contributed by atoms with Gasteiger partial charge in [-0.25, -0.2) is 14.2 Å². The summed E-state index contributed by atoms with van der Waals surface area (Å²) in [6, 6.07) is 3.20. The highest BCUT2D eigenvalue weighted by Gasteiger charge is 2.14. The summed E-state index contributed by atoms with van der Waals surface area (Å²) in [5, 5.41) is 11.9. The Labute approximate surface area is 111 Å². The maximum absolute atomic E-state index is 13.5. The molecule has 0 spiro atoms. The zero-order chi connectivity index (χ0) is 14.0. The lowest BCUT2D eigenvalue weighted by atomic mass is 10.2. The van der Waals surface area contributed by atoms with Gasteiger partial charge < -0.3 is 10.4 Å². The Hall–Kier alpha value is -2.28. The predicted octanol–water partition coefficient (Wildman–Crippen LogP) is 2.54. The van der Waals surface area contributed by atoms with Crippen LogP contribution in [0.2, 0.25) is 0 Å². The summed E-state index contributed by atoms with van der Waals surface area (Å²) < 4.78 is 13.5. The zero-order valence-corrected chi connectivity index (χ0v) is 10.6. The van der Waals surface area contributed by atoms with Crippen molar-refractivity contribution in [3.05, 3.63) is 45.7 Å². The minimum Gasteiger partial charge on any atom is -0.478 e. The summed E-state index contributed by atoms with van der Waals surface area (Å²) in [6.45, 7) is 1.74. The van der Waals surface area contributed by atoms with Crippen LogP contribution in [0, 0.1) is 12.7 Å². The second kappa shape index (κ2) is 5.15. The van der Waals surface area contributed by atoms with E-state index in [1.165, 1.54) is 17.5 Å². The number of carboxylic acid groups (broad SMARTS) is 1. The Morgan fingerprint density at radius 3 is 2.74 bits per heavy atom. The van der Waals surface area contributed by atoms with Crippen LogP contribution in [0.1, 0.15) is 25.0 Å². The van der Waals surface area contributed by atoms with Crippen molar-refractivity contribution >= 4 is 28.9 Å². The predicted molar refractivity (Wildman–Crippen MR) is 68.2 cm³/mol. The van der Waals surface area contributed by atoms with Crippen LogP contribution < -0.4 is 5.32 Å². The Bertz CT molecular complexity index is 654. The Balaban J connectivity index is 2.25. The van der Waals surface area contributed by atoms with E-state index in [0.29, 0.717) is 9.88 Å². The average molecular weight is 280 g/mol. The highest BCUT2D eigenvalue weighted by atomic mass is 32.1. The number of aromatic carboxylic acids is 1. The molecule has 0 atom stereocenters. The molecule has 2 rings (SSSR count). The third kappa shape index (κ3) is 2.94. The van der Waals surface area contributed by atoms with Crippen molar-refractivity contribution in [2.45, 2.75) is 6.92 Å². The molecule has 0 saturated heterocycles. The van der Waals surface area contributed by atoms with Gasteiger partial charge in [-0.1, -0.05) is 0 Å². The van der Waals surface area contributed by atoms with Gasteiger partial charge in [0.25, 0.3) is 5.91 Å². The van der Waals surface area contributed by atoms with E-state index in [9.17, 15) is 14.0 Å². The van der Waals surface area contributed by atoms with E-state index < -0.39 is 17.7 Å². The molecule has 0 aliphatic carbocycles. The lowest BCUT2D eigenvalue weighted by Crippen LogP contribution is -2.12. The van der Waals surface area contributed by atoms with E-state index in [4.69, 9.17) is 5.11 Å². The van der Waals surface area contributed by atoms with Crippen LogP contribution in [0.5, 0.6) is 0 Å². The van der Waals surface area contributed by atoms with Gasteiger partial charge in [-0.15, -0.1) is 11.3 Å². The minimum absolute atomic E-state index is 0.0998. The lowest BCUT2D eigenvalue weighted by Gasteiger charge is -2.05. The number of anilines is 1. The van der Waals surface area contributed by atoms with Crippen LogP contribution in [0.3, 0.4) is 0 Å². The molecule has 0 unspecified atom stereocenters. The summed E-state index contributed by atoms with van der Waals surface area (Å²) in [6.07, 6.45) is 1.38. The van der Waals surface area contributed by atoms with E-state index in [1.807, 2.05) is 0 Å². The van der Waals surface area contributed by atoms with Crippen molar-refractivity contribution in [3.8, 4) is 0 Å². The maximum Gasteiger partial charge on any atom is 0.335 e. The third-order valence-electron chi connectivity index (χ3n) is 2.31. The first kappa shape index (κ1) is 13.2. The normalized spacial score (nSPS) is 10.2. The van der Waals surface area contributed by atoms with Gasteiger partial charge in [0.1, 0.15) is 10.7 Å². The number of halogens is 1. The number of thiazole rings is 1. The summed E-state index contributed by atoms with van der Waals surface area (Å²) in [7, 11) is 0. The number of carbonyl (C=O) groups is 2. The van der Waals surface area contributed by atoms with Crippen molar-refractivity contribution in [3.63, 3.8) is 0 Å². The van der Waals surface area contributed by atoms with Gasteiger partial charge in [0, 0.05) is 0 Å². The molecular weight excluding hydrogens is 271 g/mol. The molecule has 0 radical (unpaired) electrons. The number of hydrogen-bond acceptors (Lipinski definition) is 4. The van der Waals surface area contributed by atoms with Crippen LogP contribution in [0.4, 0.5) is 10.1 Å². The second-order valence-corrected chi connectivity index (χ2v) is 4.93. The summed E-state index contributed by atoms with van der Waals surface area (Å²) in [4.78, 5) is 26.8. The smallest absolute Gasteiger partial charge is 0.335 e. The molecule has 98 valence electrons. The number of nitrogens with one attached hydrogen (secondary N) is 1. The highest BCUT2D eigenvalue weighted by Crippen LogP contribution is 2.19. The van der Waals surface area contributed by atoms with Crippen LogP contribution in [0.25, 0.3) is 0 Å². The Morgan fingerprint density at radius 2 is 2.16 bits per heavy atom. The van der Waals surface area contributed by atoms with Gasteiger partial charge in [0.2, 0.25) is 0 Å². The number of carboxylic acids is 1. The molecule has 2 N–H and O–H groups in total. The standard InChI is InChI=1S/C12H9FN2O3S/c1-6-14-5-10(19-6)11(16)15-9-4-7(12(17)18)2-3-8(9)13/h2-5H,1H3,(H,15,16)(H,17,18). The molecule has 0 saturated carbocycles. The van der Waals surface area contributed by atoms with Gasteiger partial charge in [-0.2, -0.15) is 0 Å². The minimum atomic E-state index is -1.19. The maximum atomic E-state index is 13.5. The molecule has 1 heterocycles. The van der Waals surface area contributed by atoms with Crippen molar-refractivity contribution < 1.29 is 19.1 Å². The van der Waals surface area contributed by atoms with Gasteiger partial charge in [-0.05, 0) is 25.1 Å². The second-order valence-electron chi connectivity index (χ2n) is 3.70. The fourth-order valence-corrected chi connectivity index (χ4v) is 2.08. The molecular formula is C12H9FN2O3S. The third-order valence-corrected chi connectivity index (χ3v) is 3.22. The van der Waals surface area contributed by atoms with Crippen LogP contribution in [-0.4, -0.2) is 22.0 Å². The molecule has 2 aromatic rings. The molecule has 7 heteroatoms. The molecule has 1 amide bonds. The van der Waals surface area contributed by atoms with Crippen molar-refractivity contribution in [1.82, 2.24) is 4.98 Å². The summed E-state index contributed by atoms with van der Waals surface area (Å²) in [5.74, 6) is -2.41. The van der Waals surface area contributed by atoms with Crippen LogP contribution in [0.15, 0.2) is 24.4 Å². The topological polar surface area (TPSA) is 79.3 Å². The first-order valence-electron chi connectivity index (χ1n) is 5.24. The van der Waals surface area contributed by atoms with Crippen LogP contribution >= 0.6 is 11.3 Å². The molecule has 1 aromatic carbocycles. The summed E-state index contributed by atoms with van der Waals surface area (Å²) in [5.41, 5.74) is -0.270. The molecule has 0 fully saturated rings. The first-order chi connectivity index (χ1) is 8.97. The highest BCUT2D eigenvalue weighted by molar-refractivity contribution is 7.13. The van der Waals surface area contributed by atoms with E-state index in [2.05, 4.69) is 10.3 Å². The first-order valence-corrected chi connectivity index (χ1v) is 6.05. The number of carbonyl (C=O) groups excluding carboxylic acids is 1. The zero-order valence-electron chi connectivity index (χ0n) is 9.81. The van der Waals surface area contributed by atoms with E-state index in [-0.39, 0.29) is 11.3 Å².